The number of piperidine rings is 1. The van der Waals surface area contributed by atoms with Crippen LogP contribution >= 0.6 is 0 Å². The van der Waals surface area contributed by atoms with Crippen LogP contribution in [0, 0.1) is 13.8 Å². The third-order valence-corrected chi connectivity index (χ3v) is 5.39. The molecule has 0 atom stereocenters. The average molecular weight is 389 g/mol. The predicted molar refractivity (Wildman–Crippen MR) is 117 cm³/mol. The van der Waals surface area contributed by atoms with Crippen molar-refractivity contribution in [3.8, 4) is 22.5 Å². The summed E-state index contributed by atoms with van der Waals surface area (Å²) >= 11 is 0. The molecule has 0 aliphatic carbocycles. The van der Waals surface area contributed by atoms with E-state index in [1.807, 2.05) is 0 Å². The first kappa shape index (κ1) is 19.5. The lowest BCUT2D eigenvalue weighted by Crippen LogP contribution is -2.38. The van der Waals surface area contributed by atoms with Crippen LogP contribution in [-0.2, 0) is 4.74 Å². The minimum absolute atomic E-state index is 0.340. The lowest BCUT2D eigenvalue weighted by atomic mass is 10.0. The van der Waals surface area contributed by atoms with Crippen LogP contribution in [-0.4, -0.2) is 41.0 Å². The van der Waals surface area contributed by atoms with Gasteiger partial charge < -0.3 is 9.64 Å². The molecule has 1 fully saturated rings. The summed E-state index contributed by atoms with van der Waals surface area (Å²) in [5.74, 6) is 0.702. The summed E-state index contributed by atoms with van der Waals surface area (Å²) < 4.78 is 5.78. The fourth-order valence-corrected chi connectivity index (χ4v) is 3.89. The maximum absolute atomic E-state index is 5.78. The zero-order valence-corrected chi connectivity index (χ0v) is 17.4. The van der Waals surface area contributed by atoms with Crippen LogP contribution in [0.4, 0.5) is 5.95 Å². The fourth-order valence-electron chi connectivity index (χ4n) is 3.89. The molecule has 0 N–H and O–H groups in total. The van der Waals surface area contributed by atoms with E-state index in [1.54, 1.807) is 0 Å². The third kappa shape index (κ3) is 4.46. The first-order valence-electron chi connectivity index (χ1n) is 10.4. The number of hydrogen-bond donors (Lipinski definition) is 0. The van der Waals surface area contributed by atoms with Gasteiger partial charge in [-0.15, -0.1) is 10.2 Å². The molecular weight excluding hydrogens is 360 g/mol. The highest BCUT2D eigenvalue weighted by molar-refractivity contribution is 5.78. The highest BCUT2D eigenvalue weighted by atomic mass is 16.5. The maximum atomic E-state index is 5.78. The van der Waals surface area contributed by atoms with Gasteiger partial charge >= 0.3 is 0 Å². The molecule has 1 aliphatic heterocycles. The molecule has 5 nitrogen and oxygen atoms in total. The summed E-state index contributed by atoms with van der Waals surface area (Å²) in [6.45, 7) is 8.80. The Morgan fingerprint density at radius 2 is 1.52 bits per heavy atom. The molecule has 5 heteroatoms. The van der Waals surface area contributed by atoms with E-state index in [0.29, 0.717) is 12.1 Å². The highest BCUT2D eigenvalue weighted by Gasteiger charge is 2.23. The molecule has 2 aromatic carbocycles. The number of nitrogens with zero attached hydrogens (tertiary/aromatic N) is 4. The van der Waals surface area contributed by atoms with E-state index < -0.39 is 0 Å². The van der Waals surface area contributed by atoms with Crippen molar-refractivity contribution in [3.05, 3.63) is 59.7 Å². The Balaban J connectivity index is 1.72. The van der Waals surface area contributed by atoms with E-state index in [4.69, 9.17) is 9.72 Å². The maximum Gasteiger partial charge on any atom is 0.245 e. The summed E-state index contributed by atoms with van der Waals surface area (Å²) in [4.78, 5) is 7.22. The van der Waals surface area contributed by atoms with Gasteiger partial charge in [0.05, 0.1) is 6.10 Å². The van der Waals surface area contributed by atoms with Gasteiger partial charge in [0.15, 0.2) is 0 Å². The SMILES string of the molecule is CCOC1CCN(c2nnc(-c3cccc(C)c3)c(-c3cccc(C)c3)n2)CC1. The van der Waals surface area contributed by atoms with Gasteiger partial charge in [0, 0.05) is 30.8 Å². The van der Waals surface area contributed by atoms with E-state index in [2.05, 4.69) is 84.4 Å². The molecule has 0 spiro atoms. The smallest absolute Gasteiger partial charge is 0.245 e. The molecule has 0 bridgehead atoms. The van der Waals surface area contributed by atoms with Crippen molar-refractivity contribution in [1.29, 1.82) is 0 Å². The highest BCUT2D eigenvalue weighted by Crippen LogP contribution is 2.31. The van der Waals surface area contributed by atoms with Gasteiger partial charge in [-0.3, -0.25) is 0 Å². The van der Waals surface area contributed by atoms with E-state index in [9.17, 15) is 0 Å². The van der Waals surface area contributed by atoms with Crippen LogP contribution in [0.15, 0.2) is 48.5 Å². The topological polar surface area (TPSA) is 51.1 Å². The monoisotopic (exact) mass is 388 g/mol. The summed E-state index contributed by atoms with van der Waals surface area (Å²) in [7, 11) is 0. The molecule has 1 saturated heterocycles. The van der Waals surface area contributed by atoms with Crippen LogP contribution in [0.2, 0.25) is 0 Å². The number of ether oxygens (including phenoxy) is 1. The summed E-state index contributed by atoms with van der Waals surface area (Å²) in [5, 5.41) is 9.15. The van der Waals surface area contributed by atoms with Crippen molar-refractivity contribution in [1.82, 2.24) is 15.2 Å². The van der Waals surface area contributed by atoms with Crippen LogP contribution in [0.5, 0.6) is 0 Å². The molecule has 4 rings (SSSR count). The number of aromatic nitrogens is 3. The van der Waals surface area contributed by atoms with E-state index in [-0.39, 0.29) is 0 Å². The van der Waals surface area contributed by atoms with Crippen molar-refractivity contribution in [2.24, 2.45) is 0 Å². The van der Waals surface area contributed by atoms with Crippen molar-refractivity contribution >= 4 is 5.95 Å². The molecule has 150 valence electrons. The summed E-state index contributed by atoms with van der Waals surface area (Å²) in [6.07, 6.45) is 2.33. The Morgan fingerprint density at radius 3 is 2.10 bits per heavy atom. The van der Waals surface area contributed by atoms with Crippen LogP contribution < -0.4 is 4.90 Å². The Labute approximate surface area is 172 Å². The van der Waals surface area contributed by atoms with Gasteiger partial charge in [-0.05, 0) is 45.7 Å². The number of aryl methyl sites for hydroxylation is 2. The normalized spacial score (nSPS) is 14.9. The van der Waals surface area contributed by atoms with Gasteiger partial charge in [0.1, 0.15) is 11.4 Å². The molecule has 3 aromatic rings. The molecule has 0 saturated carbocycles. The number of rotatable bonds is 5. The van der Waals surface area contributed by atoms with Crippen LogP contribution in [0.25, 0.3) is 22.5 Å². The summed E-state index contributed by atoms with van der Waals surface area (Å²) in [6, 6.07) is 16.8. The van der Waals surface area contributed by atoms with Crippen molar-refractivity contribution in [3.63, 3.8) is 0 Å². The zero-order chi connectivity index (χ0) is 20.2. The van der Waals surface area contributed by atoms with Crippen molar-refractivity contribution in [2.75, 3.05) is 24.6 Å². The molecule has 0 radical (unpaired) electrons. The van der Waals surface area contributed by atoms with Crippen molar-refractivity contribution in [2.45, 2.75) is 39.7 Å². The van der Waals surface area contributed by atoms with Crippen LogP contribution in [0.3, 0.4) is 0 Å². The van der Waals surface area contributed by atoms with Gasteiger partial charge in [0.25, 0.3) is 0 Å². The van der Waals surface area contributed by atoms with E-state index in [0.717, 1.165) is 55.1 Å². The second-order valence-corrected chi connectivity index (χ2v) is 7.69. The van der Waals surface area contributed by atoms with Gasteiger partial charge in [-0.1, -0.05) is 47.5 Å². The largest absolute Gasteiger partial charge is 0.378 e. The minimum atomic E-state index is 0.340. The summed E-state index contributed by atoms with van der Waals surface area (Å²) in [5.41, 5.74) is 6.23. The number of hydrogen-bond acceptors (Lipinski definition) is 5. The average Bonchev–Trinajstić information content (AvgIpc) is 2.74. The van der Waals surface area contributed by atoms with Crippen molar-refractivity contribution < 1.29 is 4.74 Å². The van der Waals surface area contributed by atoms with E-state index >= 15 is 0 Å². The number of benzene rings is 2. The first-order valence-corrected chi connectivity index (χ1v) is 10.4. The quantitative estimate of drug-likeness (QED) is 0.627. The standard InChI is InChI=1S/C24H28N4O/c1-4-29-21-11-13-28(14-12-21)24-25-22(19-9-5-7-17(2)15-19)23(26-27-24)20-10-6-8-18(3)16-20/h5-10,15-16,21H,4,11-14H2,1-3H3. The third-order valence-electron chi connectivity index (χ3n) is 5.39. The molecule has 1 aliphatic rings. The Hall–Kier alpha value is -2.79. The molecular formula is C24H28N4O. The molecule has 29 heavy (non-hydrogen) atoms. The second kappa shape index (κ2) is 8.70. The minimum Gasteiger partial charge on any atom is -0.378 e. The fraction of sp³-hybridized carbons (Fsp3) is 0.375. The van der Waals surface area contributed by atoms with E-state index in [1.165, 1.54) is 11.1 Å². The van der Waals surface area contributed by atoms with Crippen LogP contribution in [0.1, 0.15) is 30.9 Å². The molecule has 2 heterocycles. The lowest BCUT2D eigenvalue weighted by molar-refractivity contribution is 0.0457. The molecule has 1 aromatic heterocycles. The molecule has 0 amide bonds. The van der Waals surface area contributed by atoms with Gasteiger partial charge in [-0.25, -0.2) is 4.98 Å². The van der Waals surface area contributed by atoms with Gasteiger partial charge in [-0.2, -0.15) is 0 Å². The van der Waals surface area contributed by atoms with Gasteiger partial charge in [0.2, 0.25) is 5.95 Å². The first-order chi connectivity index (χ1) is 14.1. The number of anilines is 1. The zero-order valence-electron chi connectivity index (χ0n) is 17.4. The Bertz CT molecular complexity index is 980. The predicted octanol–water partition coefficient (Wildman–Crippen LogP) is 4.83. The lowest BCUT2D eigenvalue weighted by Gasteiger charge is -2.31. The Kier molecular flexibility index (Phi) is 5.86. The second-order valence-electron chi connectivity index (χ2n) is 7.69. The Morgan fingerprint density at radius 1 is 0.897 bits per heavy atom. The molecule has 0 unspecified atom stereocenters.